The molecule has 0 aliphatic heterocycles. The zero-order valence-electron chi connectivity index (χ0n) is 13.6. The number of unbranched alkanes of at least 4 members (excludes halogenated alkanes) is 3. The summed E-state index contributed by atoms with van der Waals surface area (Å²) < 4.78 is 2.01. The Balaban J connectivity index is 4.39. The normalized spacial score (nSPS) is 15.2. The molecule has 21 heavy (non-hydrogen) atoms. The summed E-state index contributed by atoms with van der Waals surface area (Å²) in [5.74, 6) is 0.421. The van der Waals surface area contributed by atoms with Gasteiger partial charge >= 0.3 is 0 Å². The fraction of sp³-hybridized carbons (Fsp3) is 0.706. The van der Waals surface area contributed by atoms with E-state index in [1.165, 1.54) is 5.57 Å². The summed E-state index contributed by atoms with van der Waals surface area (Å²) in [7, 11) is 0. The molecule has 2 atom stereocenters. The molecule has 0 aliphatic rings. The van der Waals surface area contributed by atoms with Crippen molar-refractivity contribution in [2.75, 3.05) is 6.61 Å². The van der Waals surface area contributed by atoms with Gasteiger partial charge in [-0.15, -0.1) is 0 Å². The monoisotopic (exact) mass is 407 g/mol. The van der Waals surface area contributed by atoms with Gasteiger partial charge < -0.3 is 10.4 Å². The minimum absolute atomic E-state index is 0.0842. The molecule has 0 saturated heterocycles. The molecule has 0 rings (SSSR count). The molecular weight excluding hydrogens is 377 g/mol. The van der Waals surface area contributed by atoms with Crippen molar-refractivity contribution in [2.45, 2.75) is 65.3 Å². The van der Waals surface area contributed by atoms with Crippen molar-refractivity contribution in [1.82, 2.24) is 5.32 Å². The minimum Gasteiger partial charge on any atom is -0.396 e. The van der Waals surface area contributed by atoms with Crippen LogP contribution in [0.15, 0.2) is 21.8 Å². The van der Waals surface area contributed by atoms with Gasteiger partial charge in [-0.2, -0.15) is 0 Å². The van der Waals surface area contributed by atoms with Crippen LogP contribution < -0.4 is 5.32 Å². The summed E-state index contributed by atoms with van der Waals surface area (Å²) in [6, 6.07) is 0.0842. The lowest BCUT2D eigenvalue weighted by molar-refractivity contribution is -0.121. The third kappa shape index (κ3) is 10.1. The number of carbonyl (C=O) groups excluding carboxylic acids is 1. The van der Waals surface area contributed by atoms with Crippen molar-refractivity contribution in [3.63, 3.8) is 0 Å². The molecule has 3 nitrogen and oxygen atoms in total. The molecule has 0 radical (unpaired) electrons. The highest BCUT2D eigenvalue weighted by Crippen LogP contribution is 2.16. The van der Waals surface area contributed by atoms with E-state index in [0.29, 0.717) is 12.3 Å². The lowest BCUT2D eigenvalue weighted by Gasteiger charge is -2.24. The first-order valence-electron chi connectivity index (χ1n) is 7.90. The van der Waals surface area contributed by atoms with Gasteiger partial charge in [-0.25, -0.2) is 0 Å². The average Bonchev–Trinajstić information content (AvgIpc) is 2.45. The largest absolute Gasteiger partial charge is 0.396 e. The van der Waals surface area contributed by atoms with Crippen molar-refractivity contribution in [2.24, 2.45) is 5.92 Å². The number of hydrogen-bond donors (Lipinski definition) is 2. The number of carbonyl (C=O) groups is 1. The van der Waals surface area contributed by atoms with Crippen LogP contribution >= 0.6 is 22.6 Å². The maximum Gasteiger partial charge on any atom is 0.220 e. The number of nitrogens with one attached hydrogen (secondary N) is 1. The summed E-state index contributed by atoms with van der Waals surface area (Å²) in [6.45, 7) is 6.58. The smallest absolute Gasteiger partial charge is 0.220 e. The van der Waals surface area contributed by atoms with E-state index in [9.17, 15) is 4.79 Å². The Morgan fingerprint density at radius 1 is 1.29 bits per heavy atom. The zero-order chi connectivity index (χ0) is 16.1. The van der Waals surface area contributed by atoms with Gasteiger partial charge in [0.25, 0.3) is 0 Å². The first-order chi connectivity index (χ1) is 10.1. The highest BCUT2D eigenvalue weighted by atomic mass is 127. The van der Waals surface area contributed by atoms with Crippen LogP contribution in [-0.4, -0.2) is 23.7 Å². The maximum absolute atomic E-state index is 12.1. The Hall–Kier alpha value is -0.360. The molecule has 0 spiro atoms. The molecule has 1 amide bonds. The van der Waals surface area contributed by atoms with Crippen molar-refractivity contribution in [3.05, 3.63) is 21.8 Å². The summed E-state index contributed by atoms with van der Waals surface area (Å²) in [5, 5.41) is 11.9. The van der Waals surface area contributed by atoms with Crippen LogP contribution in [0, 0.1) is 5.92 Å². The topological polar surface area (TPSA) is 49.3 Å². The molecule has 0 unspecified atom stereocenters. The Kier molecular flexibility index (Phi) is 13.1. The Bertz CT molecular complexity index is 340. The molecule has 0 aromatic heterocycles. The van der Waals surface area contributed by atoms with Gasteiger partial charge in [0.1, 0.15) is 0 Å². The third-order valence-electron chi connectivity index (χ3n) is 3.55. The van der Waals surface area contributed by atoms with E-state index in [-0.39, 0.29) is 18.6 Å². The molecule has 0 aliphatic carbocycles. The van der Waals surface area contributed by atoms with Crippen molar-refractivity contribution < 1.29 is 9.90 Å². The zero-order valence-corrected chi connectivity index (χ0v) is 15.7. The van der Waals surface area contributed by atoms with Crippen molar-refractivity contribution in [3.8, 4) is 0 Å². The van der Waals surface area contributed by atoms with E-state index < -0.39 is 0 Å². The minimum atomic E-state index is 0.0842. The van der Waals surface area contributed by atoms with E-state index in [2.05, 4.69) is 60.8 Å². The van der Waals surface area contributed by atoms with E-state index in [0.717, 1.165) is 32.1 Å². The van der Waals surface area contributed by atoms with Crippen LogP contribution in [0.2, 0.25) is 0 Å². The van der Waals surface area contributed by atoms with E-state index in [4.69, 9.17) is 5.11 Å². The lowest BCUT2D eigenvalue weighted by atomic mass is 9.94. The molecule has 4 heteroatoms. The number of allylic oxidation sites excluding steroid dienone is 1. The molecule has 0 saturated carbocycles. The number of hydrogen-bond acceptors (Lipinski definition) is 2. The van der Waals surface area contributed by atoms with Gasteiger partial charge in [-0.1, -0.05) is 67.0 Å². The number of aliphatic hydroxyl groups is 1. The molecule has 0 aromatic rings. The molecule has 122 valence electrons. The van der Waals surface area contributed by atoms with Crippen LogP contribution in [0.25, 0.3) is 0 Å². The van der Waals surface area contributed by atoms with Gasteiger partial charge in [0.05, 0.1) is 6.04 Å². The molecule has 0 aromatic carbocycles. The quantitative estimate of drug-likeness (QED) is 0.304. The fourth-order valence-electron chi connectivity index (χ4n) is 2.33. The van der Waals surface area contributed by atoms with Crippen LogP contribution in [0.1, 0.15) is 59.3 Å². The van der Waals surface area contributed by atoms with Crippen LogP contribution in [0.4, 0.5) is 0 Å². The third-order valence-corrected chi connectivity index (χ3v) is 3.96. The van der Waals surface area contributed by atoms with Crippen LogP contribution in [0.5, 0.6) is 0 Å². The highest BCUT2D eigenvalue weighted by molar-refractivity contribution is 14.1. The van der Waals surface area contributed by atoms with Gasteiger partial charge in [0.2, 0.25) is 5.91 Å². The first kappa shape index (κ1) is 20.6. The summed E-state index contributed by atoms with van der Waals surface area (Å²) in [4.78, 5) is 12.1. The van der Waals surface area contributed by atoms with Gasteiger partial charge in [-0.05, 0) is 36.2 Å². The van der Waals surface area contributed by atoms with Crippen LogP contribution in [-0.2, 0) is 4.79 Å². The second-order valence-corrected chi connectivity index (χ2v) is 6.19. The highest BCUT2D eigenvalue weighted by Gasteiger charge is 2.18. The Morgan fingerprint density at radius 3 is 2.52 bits per heavy atom. The second-order valence-electron chi connectivity index (χ2n) is 5.47. The van der Waals surface area contributed by atoms with Crippen LogP contribution in [0.3, 0.4) is 0 Å². The Morgan fingerprint density at radius 2 is 1.95 bits per heavy atom. The molecule has 0 heterocycles. The average molecular weight is 407 g/mol. The number of halogens is 1. The SMILES string of the molecule is CC/C=C(\C)[C@@H](NC(=O)CCCCCCO)[C@@H](C)/C=C/I. The van der Waals surface area contributed by atoms with E-state index in [1.54, 1.807) is 0 Å². The number of rotatable bonds is 11. The number of amides is 1. The van der Waals surface area contributed by atoms with E-state index >= 15 is 0 Å². The summed E-state index contributed by atoms with van der Waals surface area (Å²) >= 11 is 2.22. The summed E-state index contributed by atoms with van der Waals surface area (Å²) in [6.07, 6.45) is 9.60. The van der Waals surface area contributed by atoms with Gasteiger partial charge in [0, 0.05) is 13.0 Å². The molecule has 2 N–H and O–H groups in total. The summed E-state index contributed by atoms with van der Waals surface area (Å²) in [5.41, 5.74) is 1.23. The second kappa shape index (κ2) is 13.3. The standard InChI is InChI=1S/C17H30INO2/c1-4-9-14(2)17(15(3)11-12-18)19-16(21)10-7-5-6-8-13-20/h9,11-12,15,17,20H,4-8,10,13H2,1-3H3,(H,19,21)/b12-11+,14-9+/t15-,17+/m0/s1. The first-order valence-corrected chi connectivity index (χ1v) is 9.15. The Labute approximate surface area is 143 Å². The molecule has 0 fully saturated rings. The van der Waals surface area contributed by atoms with Crippen molar-refractivity contribution >= 4 is 28.5 Å². The predicted octanol–water partition coefficient (Wildman–Crippen LogP) is 4.36. The molecule has 0 bridgehead atoms. The van der Waals surface area contributed by atoms with Crippen molar-refractivity contribution in [1.29, 1.82) is 0 Å². The molecular formula is C17H30INO2. The van der Waals surface area contributed by atoms with E-state index in [1.807, 2.05) is 4.08 Å². The van der Waals surface area contributed by atoms with Gasteiger partial charge in [0.15, 0.2) is 0 Å². The number of aliphatic hydroxyl groups excluding tert-OH is 1. The van der Waals surface area contributed by atoms with Gasteiger partial charge in [-0.3, -0.25) is 4.79 Å². The fourth-order valence-corrected chi connectivity index (χ4v) is 2.99. The predicted molar refractivity (Wildman–Crippen MR) is 98.5 cm³/mol. The maximum atomic E-state index is 12.1. The lowest BCUT2D eigenvalue weighted by Crippen LogP contribution is -2.39.